The summed E-state index contributed by atoms with van der Waals surface area (Å²) in [6.07, 6.45) is 0. The van der Waals surface area contributed by atoms with Crippen molar-refractivity contribution in [3.05, 3.63) is 66.7 Å². The molecule has 0 fully saturated rings. The number of aromatic hydroxyl groups is 1. The van der Waals surface area contributed by atoms with Gasteiger partial charge in [-0.3, -0.25) is 0 Å². The number of phenols is 1. The van der Waals surface area contributed by atoms with Crippen LogP contribution < -0.4 is 5.32 Å². The average Bonchev–Trinajstić information content (AvgIpc) is 3.07. The lowest BCUT2D eigenvalue weighted by atomic mass is 10.1. The molecule has 4 rings (SSSR count). The van der Waals surface area contributed by atoms with Crippen molar-refractivity contribution in [3.8, 4) is 5.75 Å². The Morgan fingerprint density at radius 2 is 1.08 bits per heavy atom. The van der Waals surface area contributed by atoms with Gasteiger partial charge in [0.15, 0.2) is 5.75 Å². The molecule has 4 aromatic rings. The largest absolute Gasteiger partial charge is 0.505 e. The summed E-state index contributed by atoms with van der Waals surface area (Å²) in [4.78, 5) is -4.87. The van der Waals surface area contributed by atoms with E-state index in [1.54, 1.807) is 30.3 Å². The summed E-state index contributed by atoms with van der Waals surface area (Å²) in [5.74, 6) is -0.496. The van der Waals surface area contributed by atoms with E-state index in [-0.39, 0.29) is 11.1 Å². The average molecular weight is 868 g/mol. The highest BCUT2D eigenvalue weighted by Gasteiger charge is 2.38. The van der Waals surface area contributed by atoms with Crippen LogP contribution in [0.25, 0.3) is 10.8 Å². The van der Waals surface area contributed by atoms with Crippen molar-refractivity contribution in [2.75, 3.05) is 5.32 Å². The van der Waals surface area contributed by atoms with Crippen molar-refractivity contribution in [2.45, 2.75) is 19.6 Å². The van der Waals surface area contributed by atoms with E-state index in [1.165, 1.54) is 12.1 Å². The van der Waals surface area contributed by atoms with E-state index in [4.69, 9.17) is 35.0 Å². The third-order valence-corrected chi connectivity index (χ3v) is 13.3. The van der Waals surface area contributed by atoms with Crippen LogP contribution in [0.15, 0.2) is 96.5 Å². The Kier molecular flexibility index (Phi) is 13.8. The van der Waals surface area contributed by atoms with Crippen LogP contribution >= 0.6 is 0 Å². The Hall–Kier alpha value is -2.88. The number of nitrogens with zero attached hydrogens (tertiary/aromatic N) is 2. The summed E-state index contributed by atoms with van der Waals surface area (Å²) < 4.78 is 93.3. The van der Waals surface area contributed by atoms with Crippen LogP contribution in [0, 0.1) is 0 Å². The molecule has 50 heavy (non-hydrogen) atoms. The second-order valence-electron chi connectivity index (χ2n) is 8.76. The number of anilines is 2. The first-order valence-electron chi connectivity index (χ1n) is 12.1. The van der Waals surface area contributed by atoms with E-state index in [0.29, 0.717) is 17.1 Å². The lowest BCUT2D eigenvalue weighted by molar-refractivity contribution is -0.127. The summed E-state index contributed by atoms with van der Waals surface area (Å²) in [7, 11) is -22.1. The predicted octanol–water partition coefficient (Wildman–Crippen LogP) is 3.74. The van der Waals surface area contributed by atoms with Gasteiger partial charge in [0.05, 0.1) is 9.79 Å². The SMILES string of the molecule is O=S(=O)=O.O=S(=S)(OO)c1cc(S(=O)(=S)OO)c(S(=O)(=S)OO)c(N=Nc2ccc3ccc(Nc4ccccc4)cc3c2O)c1S(=O)(=S)OO. The first-order chi connectivity index (χ1) is 23.3. The zero-order valence-electron chi connectivity index (χ0n) is 23.6. The fourth-order valence-electron chi connectivity index (χ4n) is 3.93. The molecule has 0 spiro atoms. The summed E-state index contributed by atoms with van der Waals surface area (Å²) in [6, 6.07) is 17.1. The number of para-hydroxylation sites is 1. The predicted molar refractivity (Wildman–Crippen MR) is 186 cm³/mol. The van der Waals surface area contributed by atoms with Crippen LogP contribution in [0.2, 0.25) is 0 Å². The number of hydrogen-bond donors (Lipinski definition) is 6. The molecule has 0 amide bonds. The van der Waals surface area contributed by atoms with Gasteiger partial charge < -0.3 is 10.4 Å². The third kappa shape index (κ3) is 9.51. The number of rotatable bonds is 12. The molecule has 28 heteroatoms. The van der Waals surface area contributed by atoms with Crippen LogP contribution in [0.3, 0.4) is 0 Å². The minimum Gasteiger partial charge on any atom is -0.505 e. The van der Waals surface area contributed by atoms with Gasteiger partial charge in [0, 0.05) is 61.5 Å². The fraction of sp³-hybridized carbons (Fsp3) is 0. The molecule has 0 heterocycles. The molecule has 0 aliphatic carbocycles. The van der Waals surface area contributed by atoms with E-state index >= 15 is 0 Å². The first kappa shape index (κ1) is 41.5. The fourth-order valence-corrected chi connectivity index (χ4v) is 10.7. The molecule has 0 aromatic heterocycles. The molecular formula is C22H17N3O16S9. The molecule has 270 valence electrons. The van der Waals surface area contributed by atoms with Gasteiger partial charge in [0.1, 0.15) is 21.2 Å². The van der Waals surface area contributed by atoms with Crippen molar-refractivity contribution in [3.63, 3.8) is 0 Å². The highest BCUT2D eigenvalue weighted by molar-refractivity contribution is 8.33. The van der Waals surface area contributed by atoms with Crippen molar-refractivity contribution in [1.82, 2.24) is 0 Å². The third-order valence-electron chi connectivity index (χ3n) is 5.86. The van der Waals surface area contributed by atoms with Gasteiger partial charge in [-0.1, -0.05) is 30.3 Å². The second-order valence-corrected chi connectivity index (χ2v) is 20.4. The van der Waals surface area contributed by atoms with Crippen LogP contribution in [-0.2, 0) is 108 Å². The first-order valence-corrected chi connectivity index (χ1v) is 22.7. The van der Waals surface area contributed by atoms with E-state index < -0.39 is 76.7 Å². The number of benzene rings is 4. The van der Waals surface area contributed by atoms with Crippen molar-refractivity contribution < 1.29 is 72.9 Å². The molecule has 0 saturated heterocycles. The van der Waals surface area contributed by atoms with Crippen molar-refractivity contribution in [1.29, 1.82) is 0 Å². The van der Waals surface area contributed by atoms with E-state index in [9.17, 15) is 43.0 Å². The Bertz CT molecular complexity index is 2440. The highest BCUT2D eigenvalue weighted by atomic mass is 32.9. The maximum absolute atomic E-state index is 13.3. The molecule has 0 radical (unpaired) electrons. The summed E-state index contributed by atoms with van der Waals surface area (Å²) in [6.45, 7) is 0. The Morgan fingerprint density at radius 1 is 0.620 bits per heavy atom. The quantitative estimate of drug-likeness (QED) is 0.0671. The van der Waals surface area contributed by atoms with Gasteiger partial charge >= 0.3 is 10.6 Å². The lowest BCUT2D eigenvalue weighted by Gasteiger charge is -2.19. The Balaban J connectivity index is 0.00000160. The Morgan fingerprint density at radius 3 is 1.54 bits per heavy atom. The summed E-state index contributed by atoms with van der Waals surface area (Å²) >= 11 is 18.9. The highest BCUT2D eigenvalue weighted by Crippen LogP contribution is 2.45. The normalized spacial score (nSPS) is 16.2. The van der Waals surface area contributed by atoms with E-state index in [2.05, 4.69) is 55.3 Å². The number of azo groups is 1. The number of nitrogens with one attached hydrogen (secondary N) is 1. The summed E-state index contributed by atoms with van der Waals surface area (Å²) in [5.41, 5.74) is -0.278. The molecule has 19 nitrogen and oxygen atoms in total. The van der Waals surface area contributed by atoms with Crippen molar-refractivity contribution >= 4 is 124 Å². The minimum absolute atomic E-state index is 0.230. The number of phenolic OH excluding ortho intramolecular Hbond substituents is 1. The topological polar surface area (TPSA) is 294 Å². The molecule has 0 saturated carbocycles. The van der Waals surface area contributed by atoms with Crippen LogP contribution in [0.1, 0.15) is 0 Å². The second kappa shape index (κ2) is 16.6. The van der Waals surface area contributed by atoms with Crippen LogP contribution in [0.4, 0.5) is 22.7 Å². The maximum atomic E-state index is 13.3. The molecule has 4 aromatic carbocycles. The number of hydrogen-bond acceptors (Lipinski definition) is 23. The Labute approximate surface area is 302 Å². The zero-order chi connectivity index (χ0) is 37.7. The standard InChI is InChI=1S/C22H17N3O13S8.O3S/c26-20-15-10-14(23-13-4-2-1-3-5-13)8-6-12(15)7-9-16(20)24-25-19-21(45(33,41)37-29)17(43(31,39)35-27)11-18(44(32,40)36-28)22(19)46(34,42)38-30;1-4(2)3/h1-11,23,26-30H;. The van der Waals surface area contributed by atoms with Gasteiger partial charge in [-0.05, 0) is 41.8 Å². The van der Waals surface area contributed by atoms with Crippen LogP contribution in [-0.4, -0.2) is 55.6 Å². The van der Waals surface area contributed by atoms with Crippen LogP contribution in [0.5, 0.6) is 5.75 Å². The molecule has 0 bridgehead atoms. The lowest BCUT2D eigenvalue weighted by Crippen LogP contribution is -2.18. The van der Waals surface area contributed by atoms with E-state index in [0.717, 1.165) is 5.69 Å². The van der Waals surface area contributed by atoms with E-state index in [1.807, 2.05) is 18.2 Å². The molecule has 0 aliphatic heterocycles. The molecule has 4 atom stereocenters. The summed E-state index contributed by atoms with van der Waals surface area (Å²) in [5, 5.41) is 59.9. The molecule has 6 N–H and O–H groups in total. The monoisotopic (exact) mass is 867 g/mol. The molecular weight excluding hydrogens is 851 g/mol. The number of fused-ring (bicyclic) bond motifs is 1. The van der Waals surface area contributed by atoms with Gasteiger partial charge in [-0.15, -0.1) is 40.2 Å². The smallest absolute Gasteiger partial charge is 0.425 e. The minimum atomic E-state index is -4.81. The van der Waals surface area contributed by atoms with Crippen molar-refractivity contribution in [2.24, 2.45) is 10.2 Å². The molecule has 0 aliphatic rings. The van der Waals surface area contributed by atoms with Gasteiger partial charge in [-0.2, -0.15) is 0 Å². The maximum Gasteiger partial charge on any atom is 0.425 e. The molecule has 4 unspecified atom stereocenters. The zero-order valence-corrected chi connectivity index (χ0v) is 31.0. The van der Waals surface area contributed by atoms with Gasteiger partial charge in [-0.25, -0.2) is 37.9 Å². The van der Waals surface area contributed by atoms with Gasteiger partial charge in [0.2, 0.25) is 35.1 Å². The van der Waals surface area contributed by atoms with Gasteiger partial charge in [0.25, 0.3) is 0 Å².